The van der Waals surface area contributed by atoms with E-state index in [0.717, 1.165) is 12.4 Å². The molecular weight excluding hydrogens is 241 g/mol. The molecule has 6 nitrogen and oxygen atoms in total. The van der Waals surface area contributed by atoms with E-state index in [-0.39, 0.29) is 17.3 Å². The Labute approximate surface area is 101 Å². The molecule has 0 saturated heterocycles. The number of rotatable bonds is 3. The zero-order chi connectivity index (χ0) is 13.1. The Morgan fingerprint density at radius 3 is 2.83 bits per heavy atom. The molecule has 2 aromatic rings. The van der Waals surface area contributed by atoms with Gasteiger partial charge in [0.2, 0.25) is 17.6 Å². The van der Waals surface area contributed by atoms with Crippen molar-refractivity contribution in [3.63, 3.8) is 0 Å². The summed E-state index contributed by atoms with van der Waals surface area (Å²) in [4.78, 5) is 17.3. The Morgan fingerprint density at radius 1 is 1.39 bits per heavy atom. The van der Waals surface area contributed by atoms with E-state index in [1.807, 2.05) is 0 Å². The summed E-state index contributed by atoms with van der Waals surface area (Å²) in [6, 6.07) is 5.57. The zero-order valence-electron chi connectivity index (χ0n) is 9.33. The lowest BCUT2D eigenvalue weighted by Crippen LogP contribution is -1.97. The Kier molecular flexibility index (Phi) is 3.13. The van der Waals surface area contributed by atoms with E-state index in [4.69, 9.17) is 4.74 Å². The molecule has 1 aromatic heterocycles. The molecule has 2 rings (SSSR count). The van der Waals surface area contributed by atoms with Gasteiger partial charge >= 0.3 is 5.69 Å². The molecule has 92 valence electrons. The van der Waals surface area contributed by atoms with Crippen LogP contribution in [0.5, 0.6) is 11.6 Å². The second kappa shape index (κ2) is 4.74. The fourth-order valence-electron chi connectivity index (χ4n) is 1.43. The summed E-state index contributed by atoms with van der Waals surface area (Å²) < 4.78 is 18.0. The van der Waals surface area contributed by atoms with Crippen LogP contribution in [0.1, 0.15) is 5.56 Å². The summed E-state index contributed by atoms with van der Waals surface area (Å²) in [5.41, 5.74) is 0.281. The predicted molar refractivity (Wildman–Crippen MR) is 59.9 cm³/mol. The summed E-state index contributed by atoms with van der Waals surface area (Å²) >= 11 is 0. The number of hydrogen-bond donors (Lipinski definition) is 0. The van der Waals surface area contributed by atoms with Gasteiger partial charge in [-0.15, -0.1) is 0 Å². The third-order valence-electron chi connectivity index (χ3n) is 2.21. The maximum absolute atomic E-state index is 12.8. The highest BCUT2D eigenvalue weighted by Gasteiger charge is 2.19. The monoisotopic (exact) mass is 249 g/mol. The molecule has 0 saturated carbocycles. The first-order valence-electron chi connectivity index (χ1n) is 4.97. The van der Waals surface area contributed by atoms with Crippen molar-refractivity contribution in [2.24, 2.45) is 0 Å². The van der Waals surface area contributed by atoms with E-state index in [2.05, 4.69) is 9.97 Å². The lowest BCUT2D eigenvalue weighted by Gasteiger charge is -2.06. The summed E-state index contributed by atoms with van der Waals surface area (Å²) in [5, 5.41) is 10.9. The maximum atomic E-state index is 12.8. The second-order valence-corrected chi connectivity index (χ2v) is 3.46. The molecule has 0 bridgehead atoms. The van der Waals surface area contributed by atoms with Gasteiger partial charge in [0.15, 0.2) is 0 Å². The van der Waals surface area contributed by atoms with Crippen LogP contribution in [0.15, 0.2) is 30.6 Å². The number of hydrogen-bond acceptors (Lipinski definition) is 5. The molecule has 0 spiro atoms. The van der Waals surface area contributed by atoms with Crippen molar-refractivity contribution in [3.8, 4) is 11.6 Å². The van der Waals surface area contributed by atoms with E-state index in [0.29, 0.717) is 5.56 Å². The average molecular weight is 249 g/mol. The summed E-state index contributed by atoms with van der Waals surface area (Å²) in [7, 11) is 0. The molecule has 1 heterocycles. The van der Waals surface area contributed by atoms with Gasteiger partial charge in [0, 0.05) is 5.56 Å². The van der Waals surface area contributed by atoms with Gasteiger partial charge in [0.25, 0.3) is 0 Å². The van der Waals surface area contributed by atoms with E-state index in [1.165, 1.54) is 6.07 Å². The molecule has 0 aliphatic rings. The van der Waals surface area contributed by atoms with E-state index in [1.54, 1.807) is 19.1 Å². The van der Waals surface area contributed by atoms with Gasteiger partial charge in [0.1, 0.15) is 6.33 Å². The van der Waals surface area contributed by atoms with Crippen molar-refractivity contribution in [2.75, 3.05) is 0 Å². The normalized spacial score (nSPS) is 10.1. The summed E-state index contributed by atoms with van der Waals surface area (Å²) in [6.07, 6.45) is 0.978. The molecule has 0 atom stereocenters. The minimum absolute atomic E-state index is 0.0121. The molecule has 7 heteroatoms. The quantitative estimate of drug-likeness (QED) is 0.474. The largest absolute Gasteiger partial charge is 0.432 e. The van der Waals surface area contributed by atoms with Crippen molar-refractivity contribution in [2.45, 2.75) is 6.92 Å². The number of nitro benzene ring substituents is 1. The summed E-state index contributed by atoms with van der Waals surface area (Å²) in [5.74, 6) is -0.843. The van der Waals surface area contributed by atoms with E-state index >= 15 is 0 Å². The predicted octanol–water partition coefficient (Wildman–Crippen LogP) is 2.62. The van der Waals surface area contributed by atoms with Crippen LogP contribution in [0.4, 0.5) is 10.1 Å². The first-order chi connectivity index (χ1) is 8.58. The maximum Gasteiger partial charge on any atom is 0.314 e. The van der Waals surface area contributed by atoms with Crippen molar-refractivity contribution in [3.05, 3.63) is 52.2 Å². The van der Waals surface area contributed by atoms with Gasteiger partial charge in [-0.05, 0) is 13.0 Å². The van der Waals surface area contributed by atoms with Crippen molar-refractivity contribution in [1.29, 1.82) is 0 Å². The van der Waals surface area contributed by atoms with Crippen LogP contribution >= 0.6 is 0 Å². The van der Waals surface area contributed by atoms with Crippen LogP contribution in [-0.4, -0.2) is 14.9 Å². The van der Waals surface area contributed by atoms with E-state index < -0.39 is 10.9 Å². The smallest absolute Gasteiger partial charge is 0.314 e. The van der Waals surface area contributed by atoms with E-state index in [9.17, 15) is 14.5 Å². The number of nitrogens with zero attached hydrogens (tertiary/aromatic N) is 3. The lowest BCUT2D eigenvalue weighted by atomic mass is 10.2. The Hall–Kier alpha value is -2.57. The molecule has 0 fully saturated rings. The Bertz CT molecular complexity index is 604. The minimum atomic E-state index is -0.768. The molecule has 0 N–H and O–H groups in total. The molecule has 0 aliphatic heterocycles. The van der Waals surface area contributed by atoms with Crippen LogP contribution < -0.4 is 4.74 Å². The molecule has 18 heavy (non-hydrogen) atoms. The first kappa shape index (κ1) is 11.9. The standard InChI is InChI=1S/C11H8FN3O3/c1-7-3-2-4-8(11(7)15(16)17)18-10-5-9(12)13-6-14-10/h2-6H,1H3. The minimum Gasteiger partial charge on any atom is -0.432 e. The van der Waals surface area contributed by atoms with Crippen LogP contribution in [0.25, 0.3) is 0 Å². The van der Waals surface area contributed by atoms with Crippen LogP contribution in [0, 0.1) is 23.0 Å². The molecule has 0 radical (unpaired) electrons. The SMILES string of the molecule is Cc1cccc(Oc2cc(F)ncn2)c1[N+](=O)[O-]. The van der Waals surface area contributed by atoms with Crippen LogP contribution in [0.3, 0.4) is 0 Å². The number of benzene rings is 1. The highest BCUT2D eigenvalue weighted by atomic mass is 19.1. The number of para-hydroxylation sites is 1. The number of aryl methyl sites for hydroxylation is 1. The van der Waals surface area contributed by atoms with Gasteiger partial charge in [-0.1, -0.05) is 12.1 Å². The van der Waals surface area contributed by atoms with Crippen LogP contribution in [0.2, 0.25) is 0 Å². The molecular formula is C11H8FN3O3. The third kappa shape index (κ3) is 2.40. The number of halogens is 1. The third-order valence-corrected chi connectivity index (χ3v) is 2.21. The highest BCUT2D eigenvalue weighted by Crippen LogP contribution is 2.32. The fraction of sp³-hybridized carbons (Fsp3) is 0.0909. The number of ether oxygens (including phenoxy) is 1. The van der Waals surface area contributed by atoms with Crippen molar-refractivity contribution >= 4 is 5.69 Å². The highest BCUT2D eigenvalue weighted by molar-refractivity contribution is 5.53. The number of nitro groups is 1. The molecule has 1 aromatic carbocycles. The first-order valence-corrected chi connectivity index (χ1v) is 4.97. The lowest BCUT2D eigenvalue weighted by molar-refractivity contribution is -0.386. The average Bonchev–Trinajstić information content (AvgIpc) is 2.28. The molecule has 0 aliphatic carbocycles. The number of aromatic nitrogens is 2. The van der Waals surface area contributed by atoms with Crippen molar-refractivity contribution in [1.82, 2.24) is 9.97 Å². The Balaban J connectivity index is 2.40. The zero-order valence-corrected chi connectivity index (χ0v) is 9.33. The van der Waals surface area contributed by atoms with Crippen LogP contribution in [-0.2, 0) is 0 Å². The summed E-state index contributed by atoms with van der Waals surface area (Å²) in [6.45, 7) is 1.59. The fourth-order valence-corrected chi connectivity index (χ4v) is 1.43. The van der Waals surface area contributed by atoms with Gasteiger partial charge in [-0.25, -0.2) is 9.97 Å². The van der Waals surface area contributed by atoms with Gasteiger partial charge in [-0.3, -0.25) is 10.1 Å². The van der Waals surface area contributed by atoms with Crippen molar-refractivity contribution < 1.29 is 14.1 Å². The molecule has 0 amide bonds. The molecule has 0 unspecified atom stereocenters. The topological polar surface area (TPSA) is 78.2 Å². The van der Waals surface area contributed by atoms with Gasteiger partial charge in [-0.2, -0.15) is 4.39 Å². The van der Waals surface area contributed by atoms with Gasteiger partial charge in [0.05, 0.1) is 11.0 Å². The Morgan fingerprint density at radius 2 is 2.17 bits per heavy atom. The second-order valence-electron chi connectivity index (χ2n) is 3.46. The van der Waals surface area contributed by atoms with Gasteiger partial charge < -0.3 is 4.74 Å².